The number of hydrogen-bond acceptors (Lipinski definition) is 7. The maximum atomic E-state index is 13.1. The standard InChI is InChI=1S/C26H34O8/c1-14-10-16-17-7-9-26(20(30)13-27,34-22(33)5-4-21(31)32)25(17,3)12-19(29)23(16)24(2)8-6-15(28)11-18(14)24/h6,8,11,14,16-17,19,23,27,29H,4-5,7,9-10,12-13H2,1-3H3,(H,31,32). The Balaban J connectivity index is 1.72. The van der Waals surface area contributed by atoms with Crippen molar-refractivity contribution >= 4 is 23.5 Å². The lowest BCUT2D eigenvalue weighted by molar-refractivity contribution is -0.201. The van der Waals surface area contributed by atoms with Crippen LogP contribution in [-0.2, 0) is 23.9 Å². The number of fused-ring (bicyclic) bond motifs is 5. The summed E-state index contributed by atoms with van der Waals surface area (Å²) >= 11 is 0. The Bertz CT molecular complexity index is 981. The monoisotopic (exact) mass is 474 g/mol. The number of aliphatic carboxylic acids is 1. The SMILES string of the molecule is CC1CC2C(C(O)CC3(C)C2CCC3(OC(=O)CCC(=O)O)C(=O)CO)C2(C)C=CC(=O)C=C12. The van der Waals surface area contributed by atoms with Gasteiger partial charge in [-0.2, -0.15) is 0 Å². The van der Waals surface area contributed by atoms with Crippen LogP contribution in [-0.4, -0.2) is 57.1 Å². The van der Waals surface area contributed by atoms with Crippen molar-refractivity contribution in [3.63, 3.8) is 0 Å². The van der Waals surface area contributed by atoms with E-state index >= 15 is 0 Å². The molecule has 4 rings (SSSR count). The molecule has 8 atom stereocenters. The Hall–Kier alpha value is -2.32. The fourth-order valence-electron chi connectivity index (χ4n) is 8.00. The van der Waals surface area contributed by atoms with Crippen LogP contribution in [0.1, 0.15) is 59.3 Å². The van der Waals surface area contributed by atoms with E-state index in [1.54, 1.807) is 12.2 Å². The molecule has 0 aromatic heterocycles. The lowest BCUT2D eigenvalue weighted by Gasteiger charge is -2.61. The van der Waals surface area contributed by atoms with Crippen molar-refractivity contribution in [1.29, 1.82) is 0 Å². The van der Waals surface area contributed by atoms with E-state index in [0.717, 1.165) is 12.0 Å². The van der Waals surface area contributed by atoms with Crippen molar-refractivity contribution in [2.24, 2.45) is 34.5 Å². The topological polar surface area (TPSA) is 138 Å². The van der Waals surface area contributed by atoms with Gasteiger partial charge in [0.2, 0.25) is 5.78 Å². The van der Waals surface area contributed by atoms with E-state index in [1.807, 2.05) is 13.0 Å². The number of carboxylic acid groups (broad SMARTS) is 1. The number of ketones is 2. The normalized spacial score (nSPS) is 42.8. The maximum Gasteiger partial charge on any atom is 0.307 e. The quantitative estimate of drug-likeness (QED) is 0.498. The first-order valence-corrected chi connectivity index (χ1v) is 12.1. The average molecular weight is 475 g/mol. The van der Waals surface area contributed by atoms with E-state index in [0.29, 0.717) is 6.42 Å². The summed E-state index contributed by atoms with van der Waals surface area (Å²) in [6, 6.07) is 0. The third kappa shape index (κ3) is 3.49. The van der Waals surface area contributed by atoms with Gasteiger partial charge in [0.1, 0.15) is 6.61 Å². The number of carbonyl (C=O) groups excluding carboxylic acids is 3. The summed E-state index contributed by atoms with van der Waals surface area (Å²) in [6.07, 6.45) is 5.34. The minimum atomic E-state index is -1.60. The smallest absolute Gasteiger partial charge is 0.307 e. The maximum absolute atomic E-state index is 13.1. The molecule has 34 heavy (non-hydrogen) atoms. The third-order valence-electron chi connectivity index (χ3n) is 9.36. The lowest BCUT2D eigenvalue weighted by atomic mass is 9.44. The second kappa shape index (κ2) is 8.41. The molecule has 0 heterocycles. The zero-order valence-corrected chi connectivity index (χ0v) is 20.0. The first kappa shape index (κ1) is 24.8. The summed E-state index contributed by atoms with van der Waals surface area (Å²) in [7, 11) is 0. The number of carbonyl (C=O) groups is 4. The number of rotatable bonds is 6. The van der Waals surface area contributed by atoms with Crippen molar-refractivity contribution in [2.75, 3.05) is 6.61 Å². The van der Waals surface area contributed by atoms with Crippen molar-refractivity contribution in [3.05, 3.63) is 23.8 Å². The number of allylic oxidation sites excluding steroid dienone is 4. The van der Waals surface area contributed by atoms with Crippen LogP contribution in [0.2, 0.25) is 0 Å². The Kier molecular flexibility index (Phi) is 6.13. The fraction of sp³-hybridized carbons (Fsp3) is 0.692. The number of aliphatic hydroxyl groups excluding tert-OH is 2. The largest absolute Gasteiger partial charge is 0.481 e. The van der Waals surface area contributed by atoms with E-state index in [1.165, 1.54) is 0 Å². The molecule has 8 heteroatoms. The first-order chi connectivity index (χ1) is 15.9. The lowest BCUT2D eigenvalue weighted by Crippen LogP contribution is -2.63. The molecule has 0 aliphatic heterocycles. The molecule has 0 amide bonds. The molecule has 4 aliphatic carbocycles. The molecular weight excluding hydrogens is 440 g/mol. The Morgan fingerprint density at radius 3 is 2.56 bits per heavy atom. The summed E-state index contributed by atoms with van der Waals surface area (Å²) in [4.78, 5) is 48.8. The molecular formula is C26H34O8. The van der Waals surface area contributed by atoms with Gasteiger partial charge >= 0.3 is 11.9 Å². The number of aliphatic hydroxyl groups is 2. The van der Waals surface area contributed by atoms with Crippen LogP contribution in [0, 0.1) is 34.5 Å². The highest BCUT2D eigenvalue weighted by Gasteiger charge is 2.70. The number of Topliss-reactive ketones (excluding diaryl/α,β-unsaturated/α-hetero) is 1. The van der Waals surface area contributed by atoms with Gasteiger partial charge in [-0.1, -0.05) is 32.4 Å². The second-order valence-electron chi connectivity index (χ2n) is 11.1. The Morgan fingerprint density at radius 2 is 1.91 bits per heavy atom. The van der Waals surface area contributed by atoms with Crippen LogP contribution in [0.25, 0.3) is 0 Å². The minimum absolute atomic E-state index is 0.0230. The fourth-order valence-corrected chi connectivity index (χ4v) is 8.00. The van der Waals surface area contributed by atoms with E-state index in [4.69, 9.17) is 9.84 Å². The Morgan fingerprint density at radius 1 is 1.21 bits per heavy atom. The van der Waals surface area contributed by atoms with Crippen molar-refractivity contribution in [2.45, 2.75) is 71.0 Å². The molecule has 0 aromatic rings. The molecule has 0 spiro atoms. The molecule has 8 nitrogen and oxygen atoms in total. The first-order valence-electron chi connectivity index (χ1n) is 12.1. The molecule has 0 aromatic carbocycles. The zero-order chi connectivity index (χ0) is 25.1. The molecule has 186 valence electrons. The van der Waals surface area contributed by atoms with Gasteiger partial charge in [-0.05, 0) is 55.6 Å². The van der Waals surface area contributed by atoms with Crippen LogP contribution in [0.4, 0.5) is 0 Å². The van der Waals surface area contributed by atoms with Crippen LogP contribution in [0.15, 0.2) is 23.8 Å². The molecule has 4 aliphatic rings. The van der Waals surface area contributed by atoms with Crippen LogP contribution < -0.4 is 0 Å². The Labute approximate surface area is 199 Å². The van der Waals surface area contributed by atoms with Gasteiger partial charge in [0.15, 0.2) is 11.4 Å². The predicted molar refractivity (Wildman–Crippen MR) is 120 cm³/mol. The minimum Gasteiger partial charge on any atom is -0.481 e. The molecule has 3 N–H and O–H groups in total. The summed E-state index contributed by atoms with van der Waals surface area (Å²) in [5, 5.41) is 30.3. The number of esters is 1. The highest BCUT2D eigenvalue weighted by atomic mass is 16.6. The number of carboxylic acids is 1. The summed E-state index contributed by atoms with van der Waals surface area (Å²) in [5.41, 5.74) is -1.97. The number of hydrogen-bond donors (Lipinski definition) is 3. The van der Waals surface area contributed by atoms with E-state index in [2.05, 4.69) is 13.8 Å². The van der Waals surface area contributed by atoms with Crippen LogP contribution >= 0.6 is 0 Å². The van der Waals surface area contributed by atoms with Gasteiger partial charge in [0, 0.05) is 16.7 Å². The van der Waals surface area contributed by atoms with E-state index < -0.39 is 53.3 Å². The van der Waals surface area contributed by atoms with Crippen molar-refractivity contribution in [3.8, 4) is 0 Å². The van der Waals surface area contributed by atoms with Crippen molar-refractivity contribution < 1.29 is 39.2 Å². The molecule has 8 unspecified atom stereocenters. The number of ether oxygens (including phenoxy) is 1. The van der Waals surface area contributed by atoms with Crippen molar-refractivity contribution in [1.82, 2.24) is 0 Å². The van der Waals surface area contributed by atoms with Gasteiger partial charge in [0.05, 0.1) is 18.9 Å². The van der Waals surface area contributed by atoms with Gasteiger partial charge in [-0.15, -0.1) is 0 Å². The van der Waals surface area contributed by atoms with Gasteiger partial charge in [0.25, 0.3) is 0 Å². The molecule has 0 radical (unpaired) electrons. The summed E-state index contributed by atoms with van der Waals surface area (Å²) < 4.78 is 5.78. The van der Waals surface area contributed by atoms with E-state index in [-0.39, 0.29) is 48.7 Å². The third-order valence-corrected chi connectivity index (χ3v) is 9.36. The molecule has 3 fully saturated rings. The van der Waals surface area contributed by atoms with Gasteiger partial charge < -0.3 is 20.1 Å². The zero-order valence-electron chi connectivity index (χ0n) is 20.0. The molecule has 3 saturated carbocycles. The highest BCUT2D eigenvalue weighted by molar-refractivity contribution is 6.01. The van der Waals surface area contributed by atoms with Gasteiger partial charge in [-0.25, -0.2) is 0 Å². The second-order valence-corrected chi connectivity index (χ2v) is 11.1. The van der Waals surface area contributed by atoms with Gasteiger partial charge in [-0.3, -0.25) is 19.2 Å². The highest BCUT2D eigenvalue weighted by Crippen LogP contribution is 2.68. The average Bonchev–Trinajstić information content (AvgIpc) is 3.05. The van der Waals surface area contributed by atoms with Crippen LogP contribution in [0.5, 0.6) is 0 Å². The predicted octanol–water partition coefficient (Wildman–Crippen LogP) is 2.22. The van der Waals surface area contributed by atoms with E-state index in [9.17, 15) is 29.4 Å². The van der Waals surface area contributed by atoms with Crippen LogP contribution in [0.3, 0.4) is 0 Å². The molecule has 0 bridgehead atoms. The molecule has 0 saturated heterocycles. The summed E-state index contributed by atoms with van der Waals surface area (Å²) in [5.74, 6) is -2.65. The summed E-state index contributed by atoms with van der Waals surface area (Å²) in [6.45, 7) is 5.21.